The average molecular weight is 214 g/mol. The van der Waals surface area contributed by atoms with E-state index in [-0.39, 0.29) is 16.2 Å². The van der Waals surface area contributed by atoms with Gasteiger partial charge in [-0.2, -0.15) is 0 Å². The van der Waals surface area contributed by atoms with Crippen LogP contribution in [-0.4, -0.2) is 10.7 Å². The van der Waals surface area contributed by atoms with Crippen molar-refractivity contribution in [2.75, 3.05) is 0 Å². The summed E-state index contributed by atoms with van der Waals surface area (Å²) in [4.78, 5) is 0. The largest absolute Gasteiger partial charge is 0.389 e. The van der Waals surface area contributed by atoms with E-state index in [4.69, 9.17) is 0 Å². The molecule has 0 aromatic heterocycles. The lowest BCUT2D eigenvalue weighted by Gasteiger charge is -2.52. The van der Waals surface area contributed by atoms with Gasteiger partial charge in [-0.15, -0.1) is 0 Å². The molecule has 1 N–H and O–H groups in total. The molecule has 0 rings (SSSR count). The van der Waals surface area contributed by atoms with Crippen LogP contribution in [0.3, 0.4) is 0 Å². The van der Waals surface area contributed by atoms with Gasteiger partial charge in [0, 0.05) is 0 Å². The summed E-state index contributed by atoms with van der Waals surface area (Å²) in [6.07, 6.45) is 0.826. The Morgan fingerprint density at radius 1 is 0.667 bits per heavy atom. The zero-order valence-corrected chi connectivity index (χ0v) is 12.2. The summed E-state index contributed by atoms with van der Waals surface area (Å²) in [7, 11) is 0. The molecule has 0 aliphatic heterocycles. The van der Waals surface area contributed by atoms with E-state index >= 15 is 0 Å². The molecule has 1 heteroatoms. The number of rotatable bonds is 1. The van der Waals surface area contributed by atoms with Gasteiger partial charge in [0.15, 0.2) is 0 Å². The van der Waals surface area contributed by atoms with Gasteiger partial charge in [-0.05, 0) is 22.7 Å². The second-order valence-corrected chi connectivity index (χ2v) is 8.10. The van der Waals surface area contributed by atoms with Crippen molar-refractivity contribution in [3.63, 3.8) is 0 Å². The third kappa shape index (κ3) is 3.48. The molecule has 1 nitrogen and oxygen atoms in total. The maximum absolute atomic E-state index is 11.0. The van der Waals surface area contributed by atoms with E-state index in [1.165, 1.54) is 0 Å². The second-order valence-electron chi connectivity index (χ2n) is 8.10. The number of hydrogen-bond acceptors (Lipinski definition) is 1. The predicted molar refractivity (Wildman–Crippen MR) is 67.9 cm³/mol. The Morgan fingerprint density at radius 3 is 1.00 bits per heavy atom. The molecule has 0 aliphatic carbocycles. The Kier molecular flexibility index (Phi) is 3.75. The first-order valence-electron chi connectivity index (χ1n) is 5.93. The summed E-state index contributed by atoms with van der Waals surface area (Å²) < 4.78 is 0. The molecule has 0 heterocycles. The third-order valence-corrected chi connectivity index (χ3v) is 3.27. The molecule has 0 unspecified atom stereocenters. The minimum Gasteiger partial charge on any atom is -0.389 e. The van der Waals surface area contributed by atoms with Crippen LogP contribution in [0.1, 0.15) is 68.7 Å². The van der Waals surface area contributed by atoms with Gasteiger partial charge in [-0.3, -0.25) is 0 Å². The standard InChI is InChI=1S/C14H30O/c1-11(2,3)10-14(15,12(4,5)6)13(7,8)9/h15H,10H2,1-9H3. The van der Waals surface area contributed by atoms with Gasteiger partial charge in [0.1, 0.15) is 0 Å². The van der Waals surface area contributed by atoms with Gasteiger partial charge in [-0.1, -0.05) is 62.3 Å². The maximum Gasteiger partial charge on any atom is 0.0748 e. The van der Waals surface area contributed by atoms with Crippen LogP contribution in [0.15, 0.2) is 0 Å². The fourth-order valence-corrected chi connectivity index (χ4v) is 2.42. The minimum absolute atomic E-state index is 0.0987. The predicted octanol–water partition coefficient (Wildman–Crippen LogP) is 4.25. The Labute approximate surface area is 96.3 Å². The van der Waals surface area contributed by atoms with Crippen LogP contribution in [0, 0.1) is 16.2 Å². The summed E-state index contributed by atoms with van der Waals surface area (Å²) >= 11 is 0. The quantitative estimate of drug-likeness (QED) is 0.692. The minimum atomic E-state index is -0.641. The first kappa shape index (κ1) is 15.0. The molecule has 15 heavy (non-hydrogen) atoms. The molecular formula is C14H30O. The van der Waals surface area contributed by atoms with E-state index in [0.29, 0.717) is 0 Å². The highest BCUT2D eigenvalue weighted by molar-refractivity contribution is 5.01. The molecule has 0 saturated carbocycles. The Morgan fingerprint density at radius 2 is 0.933 bits per heavy atom. The molecule has 0 aromatic carbocycles. The van der Waals surface area contributed by atoms with Crippen LogP contribution in [0.5, 0.6) is 0 Å². The van der Waals surface area contributed by atoms with Crippen molar-refractivity contribution < 1.29 is 5.11 Å². The Hall–Kier alpha value is -0.0400. The van der Waals surface area contributed by atoms with Crippen LogP contribution in [0.4, 0.5) is 0 Å². The van der Waals surface area contributed by atoms with E-state index in [9.17, 15) is 5.11 Å². The zero-order chi connectivity index (χ0) is 12.7. The monoisotopic (exact) mass is 214 g/mol. The SMILES string of the molecule is CC(C)(C)CC(O)(C(C)(C)C)C(C)(C)C. The molecule has 0 amide bonds. The van der Waals surface area contributed by atoms with E-state index in [1.807, 2.05) is 0 Å². The van der Waals surface area contributed by atoms with E-state index in [2.05, 4.69) is 62.3 Å². The highest BCUT2D eigenvalue weighted by Crippen LogP contribution is 2.49. The fourth-order valence-electron chi connectivity index (χ4n) is 2.42. The van der Waals surface area contributed by atoms with Crippen molar-refractivity contribution in [2.24, 2.45) is 16.2 Å². The van der Waals surface area contributed by atoms with Crippen molar-refractivity contribution in [3.8, 4) is 0 Å². The smallest absolute Gasteiger partial charge is 0.0748 e. The van der Waals surface area contributed by atoms with Crippen molar-refractivity contribution in [3.05, 3.63) is 0 Å². The van der Waals surface area contributed by atoms with Gasteiger partial charge in [-0.25, -0.2) is 0 Å². The van der Waals surface area contributed by atoms with E-state index in [1.54, 1.807) is 0 Å². The van der Waals surface area contributed by atoms with Crippen LogP contribution < -0.4 is 0 Å². The van der Waals surface area contributed by atoms with Crippen molar-refractivity contribution in [1.82, 2.24) is 0 Å². The van der Waals surface area contributed by atoms with Crippen molar-refractivity contribution in [2.45, 2.75) is 74.3 Å². The molecule has 92 valence electrons. The lowest BCUT2D eigenvalue weighted by molar-refractivity contribution is -0.157. The summed E-state index contributed by atoms with van der Waals surface area (Å²) in [6, 6.07) is 0. The van der Waals surface area contributed by atoms with E-state index in [0.717, 1.165) is 6.42 Å². The van der Waals surface area contributed by atoms with Crippen LogP contribution in [0.25, 0.3) is 0 Å². The Balaban J connectivity index is 5.26. The highest BCUT2D eigenvalue weighted by atomic mass is 16.3. The number of aliphatic hydroxyl groups is 1. The van der Waals surface area contributed by atoms with Gasteiger partial charge in [0.05, 0.1) is 5.60 Å². The first-order chi connectivity index (χ1) is 6.21. The first-order valence-corrected chi connectivity index (χ1v) is 5.93. The molecule has 0 saturated heterocycles. The summed E-state index contributed by atoms with van der Waals surface area (Å²) in [5, 5.41) is 11.0. The molecule has 0 spiro atoms. The van der Waals surface area contributed by atoms with E-state index < -0.39 is 5.60 Å². The maximum atomic E-state index is 11.0. The fraction of sp³-hybridized carbons (Fsp3) is 1.00. The molecule has 0 radical (unpaired) electrons. The molecule has 0 fully saturated rings. The molecule has 0 aliphatic rings. The molecule has 0 bridgehead atoms. The third-order valence-electron chi connectivity index (χ3n) is 3.27. The summed E-state index contributed by atoms with van der Waals surface area (Å²) in [6.45, 7) is 19.3. The normalized spacial score (nSPS) is 15.6. The summed E-state index contributed by atoms with van der Waals surface area (Å²) in [5.41, 5.74) is -0.690. The lowest BCUT2D eigenvalue weighted by Crippen LogP contribution is -2.55. The van der Waals surface area contributed by atoms with Crippen LogP contribution in [0.2, 0.25) is 0 Å². The van der Waals surface area contributed by atoms with Crippen LogP contribution >= 0.6 is 0 Å². The zero-order valence-electron chi connectivity index (χ0n) is 12.2. The van der Waals surface area contributed by atoms with Gasteiger partial charge in [0.2, 0.25) is 0 Å². The van der Waals surface area contributed by atoms with Gasteiger partial charge in [0.25, 0.3) is 0 Å². The van der Waals surface area contributed by atoms with Crippen molar-refractivity contribution >= 4 is 0 Å². The second kappa shape index (κ2) is 3.76. The summed E-state index contributed by atoms with van der Waals surface area (Å²) in [5.74, 6) is 0. The highest BCUT2D eigenvalue weighted by Gasteiger charge is 2.50. The van der Waals surface area contributed by atoms with Gasteiger partial charge < -0.3 is 5.11 Å². The lowest BCUT2D eigenvalue weighted by atomic mass is 9.58. The topological polar surface area (TPSA) is 20.2 Å². The molecule has 0 aromatic rings. The average Bonchev–Trinajstić information content (AvgIpc) is 1.77. The molecular weight excluding hydrogens is 184 g/mol. The Bertz CT molecular complexity index is 193. The number of hydrogen-bond donors (Lipinski definition) is 1. The van der Waals surface area contributed by atoms with Crippen molar-refractivity contribution in [1.29, 1.82) is 0 Å². The molecule has 0 atom stereocenters. The van der Waals surface area contributed by atoms with Gasteiger partial charge >= 0.3 is 0 Å². The van der Waals surface area contributed by atoms with Crippen LogP contribution in [-0.2, 0) is 0 Å².